The van der Waals surface area contributed by atoms with Crippen LogP contribution in [0.25, 0.3) is 5.70 Å². The van der Waals surface area contributed by atoms with Crippen molar-refractivity contribution in [3.63, 3.8) is 0 Å². The standard InChI is InChI=1S/C21H19N3OS/c1-13(14-8-4-2-5-9-14)16-12-17(15-10-6-3-7-11-15)22-19-18(16)20(25)24-21(26)23-19/h2-13,16H,1H3,(H3,22,23,24,25,26). The molecule has 3 N–H and O–H groups in total. The number of anilines is 1. The number of hydrogen-bond donors (Lipinski definition) is 3. The van der Waals surface area contributed by atoms with E-state index in [0.717, 1.165) is 11.3 Å². The smallest absolute Gasteiger partial charge is 0.257 e. The summed E-state index contributed by atoms with van der Waals surface area (Å²) < 4.78 is 0.321. The molecule has 26 heavy (non-hydrogen) atoms. The lowest BCUT2D eigenvalue weighted by Crippen LogP contribution is -2.26. The van der Waals surface area contributed by atoms with Crippen molar-refractivity contribution in [3.8, 4) is 0 Å². The topological polar surface area (TPSA) is 60.7 Å². The van der Waals surface area contributed by atoms with Gasteiger partial charge in [0.05, 0.1) is 5.56 Å². The van der Waals surface area contributed by atoms with Gasteiger partial charge >= 0.3 is 0 Å². The van der Waals surface area contributed by atoms with Gasteiger partial charge < -0.3 is 10.3 Å². The molecule has 5 heteroatoms. The number of hydrogen-bond acceptors (Lipinski definition) is 3. The van der Waals surface area contributed by atoms with Crippen LogP contribution in [0.3, 0.4) is 0 Å². The summed E-state index contributed by atoms with van der Waals surface area (Å²) in [6, 6.07) is 20.4. The van der Waals surface area contributed by atoms with E-state index in [1.807, 2.05) is 36.4 Å². The van der Waals surface area contributed by atoms with Crippen molar-refractivity contribution in [2.24, 2.45) is 0 Å². The first-order chi connectivity index (χ1) is 12.6. The van der Waals surface area contributed by atoms with E-state index < -0.39 is 0 Å². The van der Waals surface area contributed by atoms with E-state index in [-0.39, 0.29) is 17.4 Å². The second-order valence-electron chi connectivity index (χ2n) is 6.49. The molecular weight excluding hydrogens is 342 g/mol. The van der Waals surface area contributed by atoms with Gasteiger partial charge in [0.15, 0.2) is 4.77 Å². The number of benzene rings is 2. The van der Waals surface area contributed by atoms with Crippen molar-refractivity contribution in [2.45, 2.75) is 18.8 Å². The molecule has 3 aromatic rings. The van der Waals surface area contributed by atoms with E-state index in [1.165, 1.54) is 5.56 Å². The van der Waals surface area contributed by atoms with Gasteiger partial charge in [0.2, 0.25) is 0 Å². The highest BCUT2D eigenvalue weighted by Gasteiger charge is 2.29. The monoisotopic (exact) mass is 361 g/mol. The Labute approximate surface area is 156 Å². The van der Waals surface area contributed by atoms with Crippen LogP contribution in [-0.4, -0.2) is 9.97 Å². The highest BCUT2D eigenvalue weighted by Crippen LogP contribution is 2.40. The first-order valence-electron chi connectivity index (χ1n) is 8.59. The van der Waals surface area contributed by atoms with E-state index in [9.17, 15) is 4.79 Å². The van der Waals surface area contributed by atoms with Crippen molar-refractivity contribution in [2.75, 3.05) is 5.32 Å². The maximum absolute atomic E-state index is 12.7. The van der Waals surface area contributed by atoms with Crippen molar-refractivity contribution in [1.82, 2.24) is 9.97 Å². The van der Waals surface area contributed by atoms with Crippen LogP contribution in [0, 0.1) is 4.77 Å². The van der Waals surface area contributed by atoms with Crippen LogP contribution in [0.5, 0.6) is 0 Å². The van der Waals surface area contributed by atoms with Crippen LogP contribution in [0.2, 0.25) is 0 Å². The summed E-state index contributed by atoms with van der Waals surface area (Å²) in [4.78, 5) is 18.5. The van der Waals surface area contributed by atoms with Gasteiger partial charge in [-0.05, 0) is 29.3 Å². The third-order valence-corrected chi connectivity index (χ3v) is 5.07. The van der Waals surface area contributed by atoms with Gasteiger partial charge in [0.25, 0.3) is 5.56 Å². The summed E-state index contributed by atoms with van der Waals surface area (Å²) in [7, 11) is 0. The summed E-state index contributed by atoms with van der Waals surface area (Å²) in [5.74, 6) is 0.744. The Balaban J connectivity index is 1.88. The lowest BCUT2D eigenvalue weighted by Gasteiger charge is -2.29. The average molecular weight is 361 g/mol. The molecule has 2 aromatic carbocycles. The highest BCUT2D eigenvalue weighted by atomic mass is 32.1. The molecule has 1 aliphatic rings. The maximum atomic E-state index is 12.7. The van der Waals surface area contributed by atoms with Gasteiger partial charge in [-0.3, -0.25) is 9.78 Å². The number of rotatable bonds is 3. The van der Waals surface area contributed by atoms with Crippen LogP contribution < -0.4 is 10.9 Å². The van der Waals surface area contributed by atoms with E-state index >= 15 is 0 Å². The summed E-state index contributed by atoms with van der Waals surface area (Å²) in [6.07, 6.45) is 2.14. The van der Waals surface area contributed by atoms with Gasteiger partial charge in [0, 0.05) is 11.6 Å². The van der Waals surface area contributed by atoms with E-state index in [0.29, 0.717) is 16.2 Å². The van der Waals surface area contributed by atoms with Gasteiger partial charge in [0.1, 0.15) is 5.82 Å². The van der Waals surface area contributed by atoms with Crippen molar-refractivity contribution < 1.29 is 0 Å². The predicted octanol–water partition coefficient (Wildman–Crippen LogP) is 4.79. The average Bonchev–Trinajstić information content (AvgIpc) is 2.67. The summed E-state index contributed by atoms with van der Waals surface area (Å²) in [6.45, 7) is 2.15. The van der Waals surface area contributed by atoms with Gasteiger partial charge in [-0.1, -0.05) is 73.7 Å². The van der Waals surface area contributed by atoms with Crippen LogP contribution in [-0.2, 0) is 0 Å². The fourth-order valence-corrected chi connectivity index (χ4v) is 3.69. The third kappa shape index (κ3) is 3.02. The molecule has 0 spiro atoms. The predicted molar refractivity (Wildman–Crippen MR) is 108 cm³/mol. The van der Waals surface area contributed by atoms with Gasteiger partial charge in [-0.2, -0.15) is 0 Å². The SMILES string of the molecule is CC(c1ccccc1)C1C=C(c2ccccc2)Nc2[nH]c(=S)[nH]c(=O)c21. The molecule has 0 fully saturated rings. The number of H-pyrrole nitrogens is 2. The quantitative estimate of drug-likeness (QED) is 0.588. The molecule has 4 rings (SSSR count). The number of allylic oxidation sites excluding steroid dienone is 1. The lowest BCUT2D eigenvalue weighted by atomic mass is 9.80. The first-order valence-corrected chi connectivity index (χ1v) is 9.00. The van der Waals surface area contributed by atoms with Gasteiger partial charge in [-0.25, -0.2) is 0 Å². The lowest BCUT2D eigenvalue weighted by molar-refractivity contribution is 0.663. The Hall–Kier alpha value is -2.92. The Bertz CT molecular complexity index is 1070. The van der Waals surface area contributed by atoms with Crippen molar-refractivity contribution >= 4 is 23.7 Å². The van der Waals surface area contributed by atoms with Crippen LogP contribution in [0.4, 0.5) is 5.82 Å². The van der Waals surface area contributed by atoms with Gasteiger partial charge in [-0.15, -0.1) is 0 Å². The normalized spacial score (nSPS) is 17.0. The molecule has 2 heterocycles. The molecule has 4 nitrogen and oxygen atoms in total. The Morgan fingerprint density at radius 1 is 0.962 bits per heavy atom. The fourth-order valence-electron chi connectivity index (χ4n) is 3.50. The first kappa shape index (κ1) is 16.5. The Kier molecular flexibility index (Phi) is 4.31. The minimum Gasteiger partial charge on any atom is -0.341 e. The molecule has 1 aromatic heterocycles. The summed E-state index contributed by atoms with van der Waals surface area (Å²) >= 11 is 5.17. The number of nitrogens with one attached hydrogen (secondary N) is 3. The molecule has 0 aliphatic carbocycles. The molecule has 2 unspecified atom stereocenters. The summed E-state index contributed by atoms with van der Waals surface area (Å²) in [5.41, 5.74) is 3.78. The number of aromatic amines is 2. The number of fused-ring (bicyclic) bond motifs is 1. The molecule has 2 atom stereocenters. The molecule has 0 bridgehead atoms. The van der Waals surface area contributed by atoms with Crippen molar-refractivity contribution in [3.05, 3.63) is 98.6 Å². The van der Waals surface area contributed by atoms with E-state index in [1.54, 1.807) is 0 Å². The molecule has 0 saturated carbocycles. The minimum absolute atomic E-state index is 0.0699. The Morgan fingerprint density at radius 3 is 2.31 bits per heavy atom. The zero-order chi connectivity index (χ0) is 18.1. The molecular formula is C21H19N3OS. The molecule has 0 amide bonds. The van der Waals surface area contributed by atoms with Crippen LogP contribution in [0.1, 0.15) is 35.4 Å². The van der Waals surface area contributed by atoms with E-state index in [2.05, 4.69) is 52.5 Å². The Morgan fingerprint density at radius 2 is 1.62 bits per heavy atom. The maximum Gasteiger partial charge on any atom is 0.257 e. The second-order valence-corrected chi connectivity index (χ2v) is 6.90. The summed E-state index contributed by atoms with van der Waals surface area (Å²) in [5, 5.41) is 3.35. The largest absolute Gasteiger partial charge is 0.341 e. The highest BCUT2D eigenvalue weighted by molar-refractivity contribution is 7.71. The second kappa shape index (κ2) is 6.77. The molecule has 0 radical (unpaired) electrons. The number of aromatic nitrogens is 2. The molecule has 1 aliphatic heterocycles. The van der Waals surface area contributed by atoms with Crippen LogP contribution in [0.15, 0.2) is 71.5 Å². The third-order valence-electron chi connectivity index (χ3n) is 4.87. The van der Waals surface area contributed by atoms with Crippen molar-refractivity contribution in [1.29, 1.82) is 0 Å². The fraction of sp³-hybridized carbons (Fsp3) is 0.143. The zero-order valence-electron chi connectivity index (χ0n) is 14.3. The molecule has 130 valence electrons. The molecule has 0 saturated heterocycles. The zero-order valence-corrected chi connectivity index (χ0v) is 15.1. The minimum atomic E-state index is -0.146. The van der Waals surface area contributed by atoms with Crippen LogP contribution >= 0.6 is 12.2 Å². The van der Waals surface area contributed by atoms with E-state index in [4.69, 9.17) is 12.2 Å².